The van der Waals surface area contributed by atoms with Crippen molar-refractivity contribution in [3.05, 3.63) is 41.5 Å². The Morgan fingerprint density at radius 3 is 2.63 bits per heavy atom. The van der Waals surface area contributed by atoms with Crippen molar-refractivity contribution in [1.82, 2.24) is 0 Å². The standard InChI is InChI=1S/C27H36O3/c1-17(28)30-26-22(12-18-6-4-3-5-7-18)16-25-24-15-19-8-9-23(29)14-21(19)13-20(24)10-11-27(25,26)2/h3-7,12,19-21,23-26,29H,8-11,13-16H2,1-2H3/b22-12+/t19-,20+,21+,23-,24+,25-,26-,27-/m1/s1. The van der Waals surface area contributed by atoms with Gasteiger partial charge in [-0.3, -0.25) is 4.79 Å². The lowest BCUT2D eigenvalue weighted by atomic mass is 9.52. The van der Waals surface area contributed by atoms with Gasteiger partial charge < -0.3 is 9.84 Å². The molecule has 0 unspecified atom stereocenters. The second-order valence-electron chi connectivity index (χ2n) is 10.9. The van der Waals surface area contributed by atoms with Crippen LogP contribution in [0.15, 0.2) is 35.9 Å². The van der Waals surface area contributed by atoms with E-state index in [4.69, 9.17) is 4.74 Å². The molecule has 0 amide bonds. The van der Waals surface area contributed by atoms with Crippen molar-refractivity contribution in [3.8, 4) is 0 Å². The molecule has 0 aliphatic heterocycles. The zero-order valence-electron chi connectivity index (χ0n) is 18.4. The first-order chi connectivity index (χ1) is 14.4. The normalized spacial score (nSPS) is 44.1. The lowest BCUT2D eigenvalue weighted by Gasteiger charge is -2.54. The maximum Gasteiger partial charge on any atom is 0.303 e. The second kappa shape index (κ2) is 7.82. The summed E-state index contributed by atoms with van der Waals surface area (Å²) < 4.78 is 6.03. The quantitative estimate of drug-likeness (QED) is 0.646. The molecule has 0 bridgehead atoms. The molecule has 4 fully saturated rings. The average molecular weight is 409 g/mol. The molecular formula is C27H36O3. The highest BCUT2D eigenvalue weighted by Gasteiger charge is 2.59. The summed E-state index contributed by atoms with van der Waals surface area (Å²) in [5.74, 6) is 3.47. The molecule has 8 atom stereocenters. The monoisotopic (exact) mass is 408 g/mol. The Hall–Kier alpha value is -1.61. The number of carbonyl (C=O) groups is 1. The molecule has 1 aromatic rings. The second-order valence-corrected chi connectivity index (χ2v) is 10.9. The molecular weight excluding hydrogens is 372 g/mol. The first-order valence-corrected chi connectivity index (χ1v) is 12.0. The topological polar surface area (TPSA) is 46.5 Å². The van der Waals surface area contributed by atoms with E-state index in [-0.39, 0.29) is 23.6 Å². The van der Waals surface area contributed by atoms with Gasteiger partial charge in [-0.1, -0.05) is 43.3 Å². The number of fused-ring (bicyclic) bond motifs is 4. The number of aliphatic hydroxyl groups excluding tert-OH is 1. The number of ether oxygens (including phenoxy) is 1. The molecule has 0 heterocycles. The van der Waals surface area contributed by atoms with Crippen LogP contribution in [0, 0.1) is 35.0 Å². The molecule has 0 saturated heterocycles. The number of carbonyl (C=O) groups excluding carboxylic acids is 1. The molecule has 3 nitrogen and oxygen atoms in total. The Morgan fingerprint density at radius 2 is 1.87 bits per heavy atom. The van der Waals surface area contributed by atoms with Gasteiger partial charge in [0.2, 0.25) is 0 Å². The van der Waals surface area contributed by atoms with Gasteiger partial charge in [-0.25, -0.2) is 0 Å². The first kappa shape index (κ1) is 20.3. The minimum absolute atomic E-state index is 0.0501. The summed E-state index contributed by atoms with van der Waals surface area (Å²) in [6.45, 7) is 3.95. The molecule has 30 heavy (non-hydrogen) atoms. The molecule has 1 N–H and O–H groups in total. The van der Waals surface area contributed by atoms with Crippen LogP contribution in [0.3, 0.4) is 0 Å². The van der Waals surface area contributed by atoms with Crippen LogP contribution in [-0.4, -0.2) is 23.3 Å². The van der Waals surface area contributed by atoms with Crippen LogP contribution < -0.4 is 0 Å². The number of aliphatic hydroxyl groups is 1. The van der Waals surface area contributed by atoms with E-state index >= 15 is 0 Å². The van der Waals surface area contributed by atoms with Crippen molar-refractivity contribution in [2.75, 3.05) is 0 Å². The zero-order valence-corrected chi connectivity index (χ0v) is 18.4. The third-order valence-corrected chi connectivity index (χ3v) is 9.14. The summed E-state index contributed by atoms with van der Waals surface area (Å²) in [5, 5.41) is 10.2. The van der Waals surface area contributed by atoms with Crippen molar-refractivity contribution in [2.24, 2.45) is 35.0 Å². The lowest BCUT2D eigenvalue weighted by Crippen LogP contribution is -2.48. The summed E-state index contributed by atoms with van der Waals surface area (Å²) >= 11 is 0. The van der Waals surface area contributed by atoms with Crippen LogP contribution in [0.25, 0.3) is 6.08 Å². The summed E-state index contributed by atoms with van der Waals surface area (Å²) in [6, 6.07) is 10.5. The number of benzene rings is 1. The Bertz CT molecular complexity index is 815. The SMILES string of the molecule is CC(=O)O[C@@H]1/C(=C/c2ccccc2)C[C@@H]2[C@H]3C[C@H]4CC[C@@H](O)C[C@@H]4C[C@@H]3CC[C@@]12C. The van der Waals surface area contributed by atoms with Crippen LogP contribution >= 0.6 is 0 Å². The summed E-state index contributed by atoms with van der Waals surface area (Å²) in [5.41, 5.74) is 2.56. The van der Waals surface area contributed by atoms with E-state index in [9.17, 15) is 9.90 Å². The largest absolute Gasteiger partial charge is 0.457 e. The average Bonchev–Trinajstić information content (AvgIpc) is 2.99. The molecule has 0 spiro atoms. The van der Waals surface area contributed by atoms with Gasteiger partial charge in [-0.15, -0.1) is 0 Å². The predicted molar refractivity (Wildman–Crippen MR) is 118 cm³/mol. The molecule has 0 radical (unpaired) electrons. The summed E-state index contributed by atoms with van der Waals surface area (Å²) in [7, 11) is 0. The molecule has 4 aliphatic rings. The van der Waals surface area contributed by atoms with Gasteiger partial charge in [0.25, 0.3) is 0 Å². The van der Waals surface area contributed by atoms with E-state index in [0.717, 1.165) is 49.4 Å². The minimum Gasteiger partial charge on any atom is -0.457 e. The van der Waals surface area contributed by atoms with E-state index in [1.54, 1.807) is 6.92 Å². The van der Waals surface area contributed by atoms with Gasteiger partial charge in [0.1, 0.15) is 6.10 Å². The van der Waals surface area contributed by atoms with Crippen molar-refractivity contribution in [1.29, 1.82) is 0 Å². The van der Waals surface area contributed by atoms with Crippen molar-refractivity contribution < 1.29 is 14.6 Å². The molecule has 4 saturated carbocycles. The number of hydrogen-bond acceptors (Lipinski definition) is 3. The Morgan fingerprint density at radius 1 is 1.07 bits per heavy atom. The summed E-state index contributed by atoms with van der Waals surface area (Å²) in [4.78, 5) is 12.0. The van der Waals surface area contributed by atoms with E-state index in [1.165, 1.54) is 36.8 Å². The smallest absolute Gasteiger partial charge is 0.303 e. The molecule has 4 aliphatic carbocycles. The summed E-state index contributed by atoms with van der Waals surface area (Å²) in [6.07, 6.45) is 11.4. The molecule has 5 rings (SSSR count). The van der Waals surface area contributed by atoms with Gasteiger partial charge in [0.15, 0.2) is 0 Å². The molecule has 162 valence electrons. The molecule has 1 aromatic carbocycles. The van der Waals surface area contributed by atoms with Gasteiger partial charge in [-0.05, 0) is 92.1 Å². The zero-order chi connectivity index (χ0) is 20.9. The van der Waals surface area contributed by atoms with E-state index in [2.05, 4.69) is 37.3 Å². The highest BCUT2D eigenvalue weighted by Crippen LogP contribution is 2.63. The van der Waals surface area contributed by atoms with Gasteiger partial charge >= 0.3 is 5.97 Å². The third-order valence-electron chi connectivity index (χ3n) is 9.14. The fourth-order valence-corrected chi connectivity index (χ4v) is 7.77. The van der Waals surface area contributed by atoms with Crippen molar-refractivity contribution >= 4 is 12.0 Å². The van der Waals surface area contributed by atoms with Crippen LogP contribution in [0.2, 0.25) is 0 Å². The Kier molecular flexibility index (Phi) is 5.29. The highest BCUT2D eigenvalue weighted by atomic mass is 16.5. The number of esters is 1. The van der Waals surface area contributed by atoms with Gasteiger partial charge in [-0.2, -0.15) is 0 Å². The number of hydrogen-bond donors (Lipinski definition) is 1. The van der Waals surface area contributed by atoms with Crippen LogP contribution in [0.5, 0.6) is 0 Å². The van der Waals surface area contributed by atoms with E-state index in [0.29, 0.717) is 5.92 Å². The maximum absolute atomic E-state index is 12.0. The van der Waals surface area contributed by atoms with Crippen molar-refractivity contribution in [3.63, 3.8) is 0 Å². The fraction of sp³-hybridized carbons (Fsp3) is 0.667. The first-order valence-electron chi connectivity index (χ1n) is 12.0. The maximum atomic E-state index is 12.0. The highest BCUT2D eigenvalue weighted by molar-refractivity contribution is 5.67. The van der Waals surface area contributed by atoms with Crippen LogP contribution in [-0.2, 0) is 9.53 Å². The Labute approximate surface area is 180 Å². The van der Waals surface area contributed by atoms with Crippen LogP contribution in [0.4, 0.5) is 0 Å². The molecule has 0 aromatic heterocycles. The predicted octanol–water partition coefficient (Wildman–Crippen LogP) is 5.63. The fourth-order valence-electron chi connectivity index (χ4n) is 7.77. The lowest BCUT2D eigenvalue weighted by molar-refractivity contribution is -0.154. The van der Waals surface area contributed by atoms with Crippen molar-refractivity contribution in [2.45, 2.75) is 77.4 Å². The van der Waals surface area contributed by atoms with E-state index in [1.807, 2.05) is 6.07 Å². The van der Waals surface area contributed by atoms with Crippen LogP contribution in [0.1, 0.15) is 70.8 Å². The minimum atomic E-state index is -0.159. The van der Waals surface area contributed by atoms with Gasteiger partial charge in [0.05, 0.1) is 6.10 Å². The van der Waals surface area contributed by atoms with E-state index < -0.39 is 0 Å². The van der Waals surface area contributed by atoms with Gasteiger partial charge in [0, 0.05) is 12.3 Å². The third kappa shape index (κ3) is 3.53. The number of rotatable bonds is 2. The Balaban J connectivity index is 1.45. The molecule has 3 heteroatoms.